The number of hydrogen-bond donors (Lipinski definition) is 0. The molecule has 0 unspecified atom stereocenters. The maximum Gasteiger partial charge on any atom is 0.509 e. The second-order valence-corrected chi connectivity index (χ2v) is 4.68. The molecule has 1 aliphatic carbocycles. The van der Waals surface area contributed by atoms with E-state index in [1.165, 1.54) is 18.9 Å². The maximum absolute atomic E-state index is 12.5. The Kier molecular flexibility index (Phi) is 3.85. The molecular formula is C12H15BF3O2-. The predicted octanol–water partition coefficient (Wildman–Crippen LogP) is 2.81. The van der Waals surface area contributed by atoms with Crippen LogP contribution >= 0.6 is 0 Å². The maximum atomic E-state index is 12.5. The van der Waals surface area contributed by atoms with Crippen molar-refractivity contribution in [3.8, 4) is 5.75 Å². The summed E-state index contributed by atoms with van der Waals surface area (Å²) in [6.45, 7) is -2.59. The zero-order chi connectivity index (χ0) is 13.2. The lowest BCUT2D eigenvalue weighted by Crippen LogP contribution is -2.34. The van der Waals surface area contributed by atoms with Gasteiger partial charge < -0.3 is 22.4 Å². The van der Waals surface area contributed by atoms with Gasteiger partial charge >= 0.3 is 6.98 Å². The molecule has 0 spiro atoms. The van der Waals surface area contributed by atoms with E-state index in [2.05, 4.69) is 0 Å². The van der Waals surface area contributed by atoms with E-state index in [4.69, 9.17) is 9.47 Å². The normalized spacial score (nSPS) is 15.8. The Morgan fingerprint density at radius 3 is 2.56 bits per heavy atom. The molecule has 2 rings (SSSR count). The number of halogens is 3. The third kappa shape index (κ3) is 3.66. The van der Waals surface area contributed by atoms with E-state index >= 15 is 0 Å². The number of rotatable bonds is 6. The highest BCUT2D eigenvalue weighted by atomic mass is 19.4. The first-order valence-corrected chi connectivity index (χ1v) is 5.98. The minimum absolute atomic E-state index is 0.0911. The van der Waals surface area contributed by atoms with Crippen LogP contribution < -0.4 is 10.2 Å². The minimum Gasteiger partial charge on any atom is -0.467 e. The Bertz CT molecular complexity index is 416. The molecule has 1 saturated carbocycles. The molecular weight excluding hydrogens is 244 g/mol. The fourth-order valence-corrected chi connectivity index (χ4v) is 1.64. The van der Waals surface area contributed by atoms with Crippen molar-refractivity contribution < 1.29 is 22.4 Å². The van der Waals surface area contributed by atoms with Crippen LogP contribution in [-0.2, 0) is 4.74 Å². The Morgan fingerprint density at radius 2 is 2.00 bits per heavy atom. The monoisotopic (exact) mass is 259 g/mol. The molecule has 0 radical (unpaired) electrons. The average Bonchev–Trinajstić information content (AvgIpc) is 3.08. The molecule has 1 aliphatic rings. The van der Waals surface area contributed by atoms with Gasteiger partial charge in [0.25, 0.3) is 0 Å². The third-order valence-corrected chi connectivity index (χ3v) is 2.93. The van der Waals surface area contributed by atoms with Gasteiger partial charge in [-0.25, -0.2) is 0 Å². The largest absolute Gasteiger partial charge is 0.509 e. The molecule has 0 saturated heterocycles. The van der Waals surface area contributed by atoms with Crippen LogP contribution in [0.3, 0.4) is 0 Å². The Hall–Kier alpha value is -1.17. The van der Waals surface area contributed by atoms with Crippen molar-refractivity contribution in [2.75, 3.05) is 13.4 Å². The van der Waals surface area contributed by atoms with Crippen LogP contribution in [0.5, 0.6) is 5.75 Å². The summed E-state index contributed by atoms with van der Waals surface area (Å²) in [6, 6.07) is 3.50. The Morgan fingerprint density at radius 1 is 1.28 bits per heavy atom. The van der Waals surface area contributed by atoms with Crippen LogP contribution in [-0.4, -0.2) is 20.4 Å². The van der Waals surface area contributed by atoms with Gasteiger partial charge in [-0.15, -0.1) is 5.46 Å². The van der Waals surface area contributed by atoms with Crippen LogP contribution in [0.1, 0.15) is 18.4 Å². The Labute approximate surface area is 104 Å². The highest BCUT2D eigenvalue weighted by Gasteiger charge is 2.25. The first kappa shape index (κ1) is 13.3. The highest BCUT2D eigenvalue weighted by Crippen LogP contribution is 2.28. The topological polar surface area (TPSA) is 18.5 Å². The van der Waals surface area contributed by atoms with Gasteiger partial charge in [0, 0.05) is 0 Å². The molecule has 18 heavy (non-hydrogen) atoms. The van der Waals surface area contributed by atoms with E-state index < -0.39 is 12.4 Å². The van der Waals surface area contributed by atoms with Gasteiger partial charge in [0.1, 0.15) is 5.75 Å². The molecule has 1 fully saturated rings. The summed E-state index contributed by atoms with van der Waals surface area (Å²) in [5.41, 5.74) is -0.125. The molecule has 1 aromatic carbocycles. The van der Waals surface area contributed by atoms with Crippen molar-refractivity contribution >= 4 is 12.4 Å². The minimum atomic E-state index is -4.95. The number of aryl methyl sites for hydroxylation is 1. The smallest absolute Gasteiger partial charge is 0.467 e. The van der Waals surface area contributed by atoms with Gasteiger partial charge in [-0.05, 0) is 37.3 Å². The predicted molar refractivity (Wildman–Crippen MR) is 64.1 cm³/mol. The van der Waals surface area contributed by atoms with E-state index in [-0.39, 0.29) is 6.79 Å². The molecule has 0 aliphatic heterocycles. The van der Waals surface area contributed by atoms with Crippen LogP contribution in [0.4, 0.5) is 12.9 Å². The highest BCUT2D eigenvalue weighted by molar-refractivity contribution is 6.73. The number of hydrogen-bond acceptors (Lipinski definition) is 2. The molecule has 1 aromatic rings. The first-order chi connectivity index (χ1) is 8.47. The van der Waals surface area contributed by atoms with E-state index in [0.717, 1.165) is 12.1 Å². The molecule has 2 nitrogen and oxygen atoms in total. The molecule has 100 valence electrons. The van der Waals surface area contributed by atoms with Gasteiger partial charge in [0.2, 0.25) is 0 Å². The summed E-state index contributed by atoms with van der Waals surface area (Å²) in [5.74, 6) is 1.08. The summed E-state index contributed by atoms with van der Waals surface area (Å²) < 4.78 is 48.1. The van der Waals surface area contributed by atoms with Crippen molar-refractivity contribution in [3.05, 3.63) is 23.8 Å². The average molecular weight is 259 g/mol. The summed E-state index contributed by atoms with van der Waals surface area (Å²) >= 11 is 0. The van der Waals surface area contributed by atoms with Crippen molar-refractivity contribution in [1.82, 2.24) is 0 Å². The van der Waals surface area contributed by atoms with Crippen LogP contribution in [0.15, 0.2) is 18.2 Å². The van der Waals surface area contributed by atoms with E-state index in [1.807, 2.05) is 0 Å². The number of ether oxygens (including phenoxy) is 2. The van der Waals surface area contributed by atoms with Gasteiger partial charge in [0.05, 0.1) is 6.61 Å². The SMILES string of the molecule is Cc1cc([B-](F)(F)F)ccc1OCOCC1CC1. The second kappa shape index (κ2) is 5.22. The summed E-state index contributed by atoms with van der Waals surface area (Å²) in [6.07, 6.45) is 2.39. The first-order valence-electron chi connectivity index (χ1n) is 5.98. The molecule has 0 N–H and O–H groups in total. The van der Waals surface area contributed by atoms with Crippen LogP contribution in [0.25, 0.3) is 0 Å². The van der Waals surface area contributed by atoms with E-state index in [1.54, 1.807) is 6.92 Å². The van der Waals surface area contributed by atoms with Crippen LogP contribution in [0.2, 0.25) is 0 Å². The lowest BCUT2D eigenvalue weighted by atomic mass is 9.79. The van der Waals surface area contributed by atoms with Crippen molar-refractivity contribution in [1.29, 1.82) is 0 Å². The summed E-state index contributed by atoms with van der Waals surface area (Å²) in [4.78, 5) is 0. The standard InChI is InChI=1S/C12H15BF3O2/c1-9-6-11(13(14,15)16)4-5-12(9)18-8-17-7-10-2-3-10/h4-6,10H,2-3,7-8H2,1H3/q-1. The molecule has 0 aromatic heterocycles. The second-order valence-electron chi connectivity index (χ2n) is 4.68. The van der Waals surface area contributed by atoms with Gasteiger partial charge in [-0.1, -0.05) is 12.1 Å². The van der Waals surface area contributed by atoms with E-state index in [0.29, 0.717) is 23.8 Å². The zero-order valence-electron chi connectivity index (χ0n) is 10.2. The molecule has 0 amide bonds. The van der Waals surface area contributed by atoms with E-state index in [9.17, 15) is 12.9 Å². The molecule has 0 atom stereocenters. The molecule has 0 bridgehead atoms. The lowest BCUT2D eigenvalue weighted by molar-refractivity contribution is 0.00962. The van der Waals surface area contributed by atoms with Crippen molar-refractivity contribution in [2.24, 2.45) is 5.92 Å². The quantitative estimate of drug-likeness (QED) is 0.444. The van der Waals surface area contributed by atoms with Gasteiger partial charge in [0.15, 0.2) is 6.79 Å². The molecule has 0 heterocycles. The van der Waals surface area contributed by atoms with Gasteiger partial charge in [-0.2, -0.15) is 0 Å². The Balaban J connectivity index is 1.88. The van der Waals surface area contributed by atoms with Gasteiger partial charge in [-0.3, -0.25) is 0 Å². The fraction of sp³-hybridized carbons (Fsp3) is 0.500. The van der Waals surface area contributed by atoms with Crippen LogP contribution in [0, 0.1) is 12.8 Å². The van der Waals surface area contributed by atoms with Crippen molar-refractivity contribution in [3.63, 3.8) is 0 Å². The fourth-order valence-electron chi connectivity index (χ4n) is 1.64. The summed E-state index contributed by atoms with van der Waals surface area (Å²) in [7, 11) is 0. The lowest BCUT2D eigenvalue weighted by Gasteiger charge is -2.17. The summed E-state index contributed by atoms with van der Waals surface area (Å²) in [5, 5.41) is 0. The number of benzene rings is 1. The molecule has 6 heteroatoms. The third-order valence-electron chi connectivity index (χ3n) is 2.93. The van der Waals surface area contributed by atoms with Crippen molar-refractivity contribution in [2.45, 2.75) is 19.8 Å². The zero-order valence-corrected chi connectivity index (χ0v) is 10.2.